The van der Waals surface area contributed by atoms with E-state index in [2.05, 4.69) is 5.32 Å². The van der Waals surface area contributed by atoms with Crippen molar-refractivity contribution in [2.24, 2.45) is 0 Å². The third kappa shape index (κ3) is 3.32. The third-order valence-corrected chi connectivity index (χ3v) is 5.01. The van der Waals surface area contributed by atoms with E-state index in [4.69, 9.17) is 23.2 Å². The fraction of sp³-hybridized carbons (Fsp3) is 0.211. The van der Waals surface area contributed by atoms with Crippen molar-refractivity contribution >= 4 is 40.9 Å². The number of halogens is 2. The van der Waals surface area contributed by atoms with Crippen LogP contribution in [0, 0.1) is 0 Å². The fourth-order valence-corrected chi connectivity index (χ4v) is 3.17. The molecule has 0 aromatic heterocycles. The van der Waals surface area contributed by atoms with Crippen LogP contribution in [0.4, 0.5) is 0 Å². The Bertz CT molecular complexity index is 890. The summed E-state index contributed by atoms with van der Waals surface area (Å²) in [4.78, 5) is 38.1. The van der Waals surface area contributed by atoms with E-state index in [1.165, 1.54) is 0 Å². The minimum absolute atomic E-state index is 0.314. The van der Waals surface area contributed by atoms with Crippen molar-refractivity contribution in [1.29, 1.82) is 0 Å². The molecule has 0 bridgehead atoms. The van der Waals surface area contributed by atoms with Gasteiger partial charge in [0, 0.05) is 0 Å². The summed E-state index contributed by atoms with van der Waals surface area (Å²) in [5.41, 5.74) is 0.620. The molecule has 1 aliphatic heterocycles. The number of nitrogens with one attached hydrogen (secondary N) is 1. The summed E-state index contributed by atoms with van der Waals surface area (Å²) in [7, 11) is 0. The number of imide groups is 1. The standard InChI is InChI=1S/C19H16Cl2N2O3/c1-19(2,11-7-8-14(20)15(21)9-11)22-16(24)10-23-17(25)12-5-3-4-6-13(12)18(23)26/h3-9H,10H2,1-2H3,(H,22,24). The molecule has 5 nitrogen and oxygen atoms in total. The first-order valence-electron chi connectivity index (χ1n) is 7.92. The number of benzene rings is 2. The van der Waals surface area contributed by atoms with E-state index < -0.39 is 23.3 Å². The second kappa shape index (κ2) is 6.74. The SMILES string of the molecule is CC(C)(NC(=O)CN1C(=O)c2ccccc2C1=O)c1ccc(Cl)c(Cl)c1. The highest BCUT2D eigenvalue weighted by Crippen LogP contribution is 2.28. The molecular weight excluding hydrogens is 375 g/mol. The number of fused-ring (bicyclic) bond motifs is 1. The lowest BCUT2D eigenvalue weighted by Crippen LogP contribution is -2.47. The number of amides is 3. The summed E-state index contributed by atoms with van der Waals surface area (Å²) in [6, 6.07) is 11.6. The quantitative estimate of drug-likeness (QED) is 0.810. The van der Waals surface area contributed by atoms with Gasteiger partial charge in [0.2, 0.25) is 5.91 Å². The molecule has 134 valence electrons. The maximum Gasteiger partial charge on any atom is 0.262 e. The minimum Gasteiger partial charge on any atom is -0.346 e. The van der Waals surface area contributed by atoms with Gasteiger partial charge in [-0.3, -0.25) is 19.3 Å². The lowest BCUT2D eigenvalue weighted by Gasteiger charge is -2.28. The number of rotatable bonds is 4. The molecule has 0 atom stereocenters. The lowest BCUT2D eigenvalue weighted by molar-refractivity contribution is -0.123. The van der Waals surface area contributed by atoms with Gasteiger partial charge in [0.15, 0.2) is 0 Å². The zero-order chi connectivity index (χ0) is 19.1. The molecule has 0 unspecified atom stereocenters. The van der Waals surface area contributed by atoms with Crippen molar-refractivity contribution < 1.29 is 14.4 Å². The second-order valence-corrected chi connectivity index (χ2v) is 7.36. The summed E-state index contributed by atoms with van der Waals surface area (Å²) in [5.74, 6) is -1.38. The molecule has 2 aromatic carbocycles. The second-order valence-electron chi connectivity index (χ2n) is 6.54. The van der Waals surface area contributed by atoms with E-state index >= 15 is 0 Å². The van der Waals surface area contributed by atoms with Gasteiger partial charge in [0.25, 0.3) is 11.8 Å². The van der Waals surface area contributed by atoms with Crippen LogP contribution in [0.5, 0.6) is 0 Å². The Morgan fingerprint density at radius 2 is 1.58 bits per heavy atom. The van der Waals surface area contributed by atoms with E-state index in [0.29, 0.717) is 21.2 Å². The first-order chi connectivity index (χ1) is 12.2. The maximum atomic E-state index is 12.5. The summed E-state index contributed by atoms with van der Waals surface area (Å²) in [5, 5.41) is 3.63. The Labute approximate surface area is 160 Å². The highest BCUT2D eigenvalue weighted by atomic mass is 35.5. The van der Waals surface area contributed by atoms with Crippen LogP contribution in [0.15, 0.2) is 42.5 Å². The normalized spacial score (nSPS) is 13.8. The number of hydrogen-bond donors (Lipinski definition) is 1. The van der Waals surface area contributed by atoms with E-state index in [1.807, 2.05) is 0 Å². The van der Waals surface area contributed by atoms with E-state index in [1.54, 1.807) is 56.3 Å². The van der Waals surface area contributed by atoms with Gasteiger partial charge in [-0.25, -0.2) is 0 Å². The molecule has 0 fully saturated rings. The molecule has 0 spiro atoms. The minimum atomic E-state index is -0.760. The van der Waals surface area contributed by atoms with Crippen LogP contribution in [-0.4, -0.2) is 29.2 Å². The molecule has 1 N–H and O–H groups in total. The number of hydrogen-bond acceptors (Lipinski definition) is 3. The van der Waals surface area contributed by atoms with Gasteiger partial charge in [0.05, 0.1) is 26.7 Å². The smallest absolute Gasteiger partial charge is 0.262 e. The fourth-order valence-electron chi connectivity index (χ4n) is 2.87. The average Bonchev–Trinajstić information content (AvgIpc) is 2.82. The molecule has 1 heterocycles. The first kappa shape index (κ1) is 18.4. The van der Waals surface area contributed by atoms with Crippen LogP contribution in [0.25, 0.3) is 0 Å². The molecule has 0 saturated heterocycles. The van der Waals surface area contributed by atoms with Crippen molar-refractivity contribution in [3.63, 3.8) is 0 Å². The molecule has 7 heteroatoms. The Balaban J connectivity index is 1.74. The Kier molecular flexibility index (Phi) is 4.78. The molecule has 3 amide bonds. The van der Waals surface area contributed by atoms with E-state index in [9.17, 15) is 14.4 Å². The van der Waals surface area contributed by atoms with Gasteiger partial charge in [0.1, 0.15) is 6.54 Å². The lowest BCUT2D eigenvalue weighted by atomic mass is 9.94. The summed E-state index contributed by atoms with van der Waals surface area (Å²) >= 11 is 12.0. The van der Waals surface area contributed by atoms with Gasteiger partial charge >= 0.3 is 0 Å². The van der Waals surface area contributed by atoms with Gasteiger partial charge in [-0.15, -0.1) is 0 Å². The molecule has 3 rings (SSSR count). The van der Waals surface area contributed by atoms with Gasteiger partial charge in [-0.2, -0.15) is 0 Å². The van der Waals surface area contributed by atoms with Crippen molar-refractivity contribution in [3.8, 4) is 0 Å². The number of nitrogens with zero attached hydrogens (tertiary/aromatic N) is 1. The molecule has 0 saturated carbocycles. The van der Waals surface area contributed by atoms with Crippen LogP contribution >= 0.6 is 23.2 Å². The number of carbonyl (C=O) groups is 3. The average molecular weight is 391 g/mol. The van der Waals surface area contributed by atoms with Crippen LogP contribution < -0.4 is 5.32 Å². The van der Waals surface area contributed by atoms with Crippen molar-refractivity contribution in [3.05, 3.63) is 69.2 Å². The molecule has 0 aliphatic carbocycles. The van der Waals surface area contributed by atoms with Gasteiger partial charge < -0.3 is 5.32 Å². The molecule has 26 heavy (non-hydrogen) atoms. The predicted octanol–water partition coefficient (Wildman–Crippen LogP) is 3.64. The molecule has 0 radical (unpaired) electrons. The zero-order valence-electron chi connectivity index (χ0n) is 14.2. The highest BCUT2D eigenvalue weighted by Gasteiger charge is 2.37. The summed E-state index contributed by atoms with van der Waals surface area (Å²) < 4.78 is 0. The molecule has 2 aromatic rings. The van der Waals surface area contributed by atoms with Crippen LogP contribution in [-0.2, 0) is 10.3 Å². The van der Waals surface area contributed by atoms with E-state index in [0.717, 1.165) is 10.5 Å². The van der Waals surface area contributed by atoms with E-state index in [-0.39, 0.29) is 6.54 Å². The summed E-state index contributed by atoms with van der Waals surface area (Å²) in [6.07, 6.45) is 0. The first-order valence-corrected chi connectivity index (χ1v) is 8.68. The topological polar surface area (TPSA) is 66.5 Å². The molecule has 1 aliphatic rings. The van der Waals surface area contributed by atoms with Gasteiger partial charge in [-0.1, -0.05) is 41.4 Å². The van der Waals surface area contributed by atoms with Crippen LogP contribution in [0.3, 0.4) is 0 Å². The Hall–Kier alpha value is -2.37. The van der Waals surface area contributed by atoms with Crippen molar-refractivity contribution in [1.82, 2.24) is 10.2 Å². The van der Waals surface area contributed by atoms with Crippen molar-refractivity contribution in [2.45, 2.75) is 19.4 Å². The van der Waals surface area contributed by atoms with Crippen LogP contribution in [0.2, 0.25) is 10.0 Å². The van der Waals surface area contributed by atoms with Crippen molar-refractivity contribution in [2.75, 3.05) is 6.54 Å². The Morgan fingerprint density at radius 1 is 1.00 bits per heavy atom. The maximum absolute atomic E-state index is 12.5. The third-order valence-electron chi connectivity index (χ3n) is 4.27. The van der Waals surface area contributed by atoms with Gasteiger partial charge in [-0.05, 0) is 43.7 Å². The predicted molar refractivity (Wildman–Crippen MR) is 99.4 cm³/mol. The van der Waals surface area contributed by atoms with Crippen LogP contribution in [0.1, 0.15) is 40.1 Å². The molecular formula is C19H16Cl2N2O3. The summed E-state index contributed by atoms with van der Waals surface area (Å²) in [6.45, 7) is 3.25. The largest absolute Gasteiger partial charge is 0.346 e. The Morgan fingerprint density at radius 3 is 2.12 bits per heavy atom. The highest BCUT2D eigenvalue weighted by molar-refractivity contribution is 6.42. The monoisotopic (exact) mass is 390 g/mol. The zero-order valence-corrected chi connectivity index (χ0v) is 15.7. The number of carbonyl (C=O) groups excluding carboxylic acids is 3.